The number of hydrogen-bond acceptors (Lipinski definition) is 6. The molecule has 1 fully saturated rings. The Labute approximate surface area is 225 Å². The lowest BCUT2D eigenvalue weighted by atomic mass is 10.1. The number of rotatable bonds is 6. The minimum atomic E-state index is -3.94. The second-order valence-electron chi connectivity index (χ2n) is 9.57. The third-order valence-corrected chi connectivity index (χ3v) is 8.37. The summed E-state index contributed by atoms with van der Waals surface area (Å²) in [7, 11) is -3.94. The first-order chi connectivity index (χ1) is 18.3. The van der Waals surface area contributed by atoms with Gasteiger partial charge >= 0.3 is 6.55 Å². The summed E-state index contributed by atoms with van der Waals surface area (Å²) in [4.78, 5) is 16.9. The Hall–Kier alpha value is -3.26. The second-order valence-corrected chi connectivity index (χ2v) is 11.9. The normalized spacial score (nSPS) is 19.1. The van der Waals surface area contributed by atoms with Crippen LogP contribution in [0.1, 0.15) is 29.2 Å². The van der Waals surface area contributed by atoms with Gasteiger partial charge in [0, 0.05) is 29.6 Å². The number of quaternary nitrogens is 1. The van der Waals surface area contributed by atoms with Gasteiger partial charge in [-0.1, -0.05) is 23.2 Å². The molecule has 3 N–H and O–H groups in total. The third-order valence-electron chi connectivity index (χ3n) is 6.88. The van der Waals surface area contributed by atoms with Crippen LogP contribution in [-0.2, 0) is 9.84 Å². The molecule has 0 saturated heterocycles. The van der Waals surface area contributed by atoms with E-state index in [1.165, 1.54) is 36.9 Å². The quantitative estimate of drug-likeness (QED) is 0.262. The summed E-state index contributed by atoms with van der Waals surface area (Å²) in [6.45, 7) is 0.396. The molecule has 8 nitrogen and oxygen atoms in total. The Balaban J connectivity index is 1.57. The van der Waals surface area contributed by atoms with Crippen LogP contribution in [0.3, 0.4) is 0 Å². The number of sulfone groups is 1. The van der Waals surface area contributed by atoms with Crippen molar-refractivity contribution >= 4 is 21.4 Å². The lowest BCUT2D eigenvalue weighted by Gasteiger charge is -2.18. The average molecular weight is 585 g/mol. The summed E-state index contributed by atoms with van der Waals surface area (Å²) < 4.78 is 82.0. The predicted molar refractivity (Wildman–Crippen MR) is 135 cm³/mol. The number of aryl methyl sites for hydroxylation is 2. The standard InChI is InChI=1S/C25H22ClF4N5O3S/c1-11-9-31-22(13-5-4-6-18(20(13)27)39(3,37)38)21(28)23(11)35-12(2)7-16(19(26)24(35)36)14-8-15(14)17-10-34(25(29)30)33-32-17/h4-7,9-10,14-15,25,32-33H,8H2,1-3H3/p+1/t14-,15-/m0/s1. The maximum Gasteiger partial charge on any atom is 0.331 e. The molecule has 1 saturated carbocycles. The van der Waals surface area contributed by atoms with Crippen molar-refractivity contribution in [1.29, 1.82) is 0 Å². The van der Waals surface area contributed by atoms with Crippen molar-refractivity contribution < 1.29 is 31.4 Å². The first-order valence-electron chi connectivity index (χ1n) is 11.7. The second kappa shape index (κ2) is 9.73. The van der Waals surface area contributed by atoms with Crippen LogP contribution in [0.15, 0.2) is 52.0 Å². The van der Waals surface area contributed by atoms with E-state index >= 15 is 8.78 Å². The SMILES string of the molecule is Cc1cnc(-c2cccc(S(C)(=O)=O)c2F)c(F)c1-n1c(C)cc([C@H]2C[C@@H]2C2=CN(C(F)F)N[NH2+]2)c(Cl)c1=O. The van der Waals surface area contributed by atoms with Crippen LogP contribution in [0.2, 0.25) is 5.02 Å². The first kappa shape index (κ1) is 27.3. The number of nitrogens with one attached hydrogen (secondary N) is 1. The smallest absolute Gasteiger partial charge is 0.277 e. The van der Waals surface area contributed by atoms with Crippen LogP contribution in [0, 0.1) is 31.4 Å². The highest BCUT2D eigenvalue weighted by molar-refractivity contribution is 7.90. The number of allylic oxidation sites excluding steroid dienone is 1. The molecule has 0 spiro atoms. The lowest BCUT2D eigenvalue weighted by Crippen LogP contribution is -2.91. The van der Waals surface area contributed by atoms with E-state index in [0.29, 0.717) is 28.4 Å². The molecule has 206 valence electrons. The van der Waals surface area contributed by atoms with E-state index in [9.17, 15) is 22.0 Å². The van der Waals surface area contributed by atoms with Gasteiger partial charge in [0.2, 0.25) is 0 Å². The molecule has 39 heavy (non-hydrogen) atoms. The molecular formula is C25H23ClF4N5O3S+. The molecule has 0 amide bonds. The van der Waals surface area contributed by atoms with Crippen molar-refractivity contribution in [2.45, 2.75) is 37.6 Å². The van der Waals surface area contributed by atoms with E-state index in [2.05, 4.69) is 10.5 Å². The number of aromatic nitrogens is 2. The molecule has 14 heteroatoms. The fraction of sp³-hybridized carbons (Fsp3) is 0.280. The molecule has 2 aromatic heterocycles. The van der Waals surface area contributed by atoms with Crippen LogP contribution in [0.25, 0.3) is 16.9 Å². The van der Waals surface area contributed by atoms with Gasteiger partial charge in [0.15, 0.2) is 21.5 Å². The van der Waals surface area contributed by atoms with Crippen LogP contribution in [0.4, 0.5) is 17.6 Å². The molecule has 2 atom stereocenters. The van der Waals surface area contributed by atoms with Gasteiger partial charge in [-0.2, -0.15) is 8.78 Å². The molecule has 2 aliphatic rings. The van der Waals surface area contributed by atoms with Crippen molar-refractivity contribution in [3.63, 3.8) is 0 Å². The van der Waals surface area contributed by atoms with Crippen LogP contribution in [0.5, 0.6) is 0 Å². The Morgan fingerprint density at radius 1 is 1.18 bits per heavy atom. The highest BCUT2D eigenvalue weighted by Crippen LogP contribution is 2.52. The summed E-state index contributed by atoms with van der Waals surface area (Å²) in [5.41, 5.74) is 3.97. The Bertz CT molecular complexity index is 1710. The van der Waals surface area contributed by atoms with Gasteiger partial charge < -0.3 is 0 Å². The van der Waals surface area contributed by atoms with Crippen molar-refractivity contribution in [2.24, 2.45) is 5.92 Å². The lowest BCUT2D eigenvalue weighted by molar-refractivity contribution is -0.682. The fourth-order valence-corrected chi connectivity index (χ4v) is 5.94. The van der Waals surface area contributed by atoms with E-state index in [-0.39, 0.29) is 33.7 Å². The number of benzene rings is 1. The van der Waals surface area contributed by atoms with E-state index in [0.717, 1.165) is 16.9 Å². The fourth-order valence-electron chi connectivity index (χ4n) is 4.90. The number of hydrogen-bond donors (Lipinski definition) is 2. The van der Waals surface area contributed by atoms with Gasteiger partial charge in [0.25, 0.3) is 5.56 Å². The number of nitrogens with zero attached hydrogens (tertiary/aromatic N) is 3. The Morgan fingerprint density at radius 2 is 1.90 bits per heavy atom. The minimum absolute atomic E-state index is 0.121. The zero-order valence-corrected chi connectivity index (χ0v) is 22.4. The molecule has 3 heterocycles. The summed E-state index contributed by atoms with van der Waals surface area (Å²) in [5.74, 6) is -2.49. The zero-order valence-electron chi connectivity index (χ0n) is 20.8. The van der Waals surface area contributed by atoms with Crippen molar-refractivity contribution in [3.05, 3.63) is 86.2 Å². The Morgan fingerprint density at radius 3 is 2.54 bits per heavy atom. The van der Waals surface area contributed by atoms with Gasteiger partial charge in [-0.3, -0.25) is 14.3 Å². The zero-order chi connectivity index (χ0) is 28.4. The molecular weight excluding hydrogens is 562 g/mol. The minimum Gasteiger partial charge on any atom is -0.277 e. The molecule has 3 aromatic rings. The monoisotopic (exact) mass is 584 g/mol. The summed E-state index contributed by atoms with van der Waals surface area (Å²) in [5, 5.41) is 0.532. The van der Waals surface area contributed by atoms with Crippen LogP contribution in [-0.4, -0.2) is 35.8 Å². The molecule has 0 radical (unpaired) electrons. The van der Waals surface area contributed by atoms with Gasteiger partial charge in [-0.25, -0.2) is 27.6 Å². The summed E-state index contributed by atoms with van der Waals surface area (Å²) >= 11 is 6.49. The largest absolute Gasteiger partial charge is 0.331 e. The number of hydrazine groups is 1. The molecule has 0 bridgehead atoms. The number of halogens is 5. The number of alkyl halides is 2. The topological polar surface area (TPSA) is 101 Å². The molecule has 1 aliphatic heterocycles. The average Bonchev–Trinajstić information content (AvgIpc) is 3.49. The summed E-state index contributed by atoms with van der Waals surface area (Å²) in [6.07, 6.45) is 4.00. The number of nitrogens with two attached hydrogens (primary N) is 1. The van der Waals surface area contributed by atoms with Crippen molar-refractivity contribution in [2.75, 3.05) is 6.26 Å². The van der Waals surface area contributed by atoms with E-state index in [1.54, 1.807) is 13.0 Å². The van der Waals surface area contributed by atoms with Gasteiger partial charge in [-0.15, -0.1) is 0 Å². The predicted octanol–water partition coefficient (Wildman–Crippen LogP) is 3.32. The van der Waals surface area contributed by atoms with Gasteiger partial charge in [-0.05, 0) is 55.5 Å². The van der Waals surface area contributed by atoms with Gasteiger partial charge in [0.1, 0.15) is 21.3 Å². The van der Waals surface area contributed by atoms with E-state index in [4.69, 9.17) is 11.6 Å². The molecule has 1 aromatic carbocycles. The van der Waals surface area contributed by atoms with Crippen LogP contribution < -0.4 is 16.5 Å². The molecule has 1 aliphatic carbocycles. The highest BCUT2D eigenvalue weighted by Gasteiger charge is 2.47. The maximum atomic E-state index is 16.0. The van der Waals surface area contributed by atoms with E-state index in [1.807, 2.05) is 0 Å². The first-order valence-corrected chi connectivity index (χ1v) is 14.0. The highest BCUT2D eigenvalue weighted by atomic mass is 35.5. The van der Waals surface area contributed by atoms with Crippen LogP contribution >= 0.6 is 11.6 Å². The van der Waals surface area contributed by atoms with Crippen molar-refractivity contribution in [3.8, 4) is 16.9 Å². The summed E-state index contributed by atoms with van der Waals surface area (Å²) in [6, 6.07) is 5.19. The Kier molecular flexibility index (Phi) is 6.82. The maximum absolute atomic E-state index is 16.0. The van der Waals surface area contributed by atoms with Crippen molar-refractivity contribution in [1.82, 2.24) is 20.1 Å². The molecule has 5 rings (SSSR count). The van der Waals surface area contributed by atoms with Gasteiger partial charge in [0.05, 0.1) is 11.9 Å². The van der Waals surface area contributed by atoms with E-state index < -0.39 is 44.2 Å². The molecule has 0 unspecified atom stereocenters. The number of pyridine rings is 2. The third kappa shape index (κ3) is 4.73.